The van der Waals surface area contributed by atoms with Crippen molar-refractivity contribution >= 4 is 27.5 Å². The number of aromatic nitrogens is 2. The van der Waals surface area contributed by atoms with Crippen LogP contribution in [0.5, 0.6) is 5.88 Å². The minimum atomic E-state index is -0.0357. The highest BCUT2D eigenvalue weighted by Crippen LogP contribution is 2.35. The summed E-state index contributed by atoms with van der Waals surface area (Å²) in [6.07, 6.45) is 3.29. The molecule has 1 saturated heterocycles. The van der Waals surface area contributed by atoms with Crippen molar-refractivity contribution in [1.29, 1.82) is 0 Å². The van der Waals surface area contributed by atoms with E-state index in [0.29, 0.717) is 17.4 Å². The number of amides is 1. The number of fused-ring (bicyclic) bond motifs is 1. The van der Waals surface area contributed by atoms with Crippen LogP contribution in [0.25, 0.3) is 10.2 Å². The highest BCUT2D eigenvalue weighted by molar-refractivity contribution is 7.20. The first kappa shape index (κ1) is 19.0. The zero-order chi connectivity index (χ0) is 19.1. The molecule has 0 bridgehead atoms. The molecule has 0 aromatic carbocycles. The number of thiophene rings is 1. The Hall–Kier alpha value is -1.73. The fourth-order valence-electron chi connectivity index (χ4n) is 4.18. The molecule has 2 aromatic heterocycles. The highest BCUT2D eigenvalue weighted by atomic mass is 32.1. The van der Waals surface area contributed by atoms with Gasteiger partial charge in [-0.05, 0) is 59.9 Å². The molecular weight excluding hydrogens is 348 g/mol. The SMILES string of the molecule is CCOc1ncnc2sc(C(=O)NC3CC(C)(C)NC(C)(C)C3)c(C)c12. The van der Waals surface area contributed by atoms with Crippen molar-refractivity contribution in [3.05, 3.63) is 16.8 Å². The number of rotatable bonds is 4. The zero-order valence-corrected chi connectivity index (χ0v) is 17.2. The molecule has 2 N–H and O–H groups in total. The third-order valence-corrected chi connectivity index (χ3v) is 5.90. The van der Waals surface area contributed by atoms with Gasteiger partial charge in [0.05, 0.1) is 16.9 Å². The van der Waals surface area contributed by atoms with E-state index in [9.17, 15) is 4.79 Å². The molecule has 7 heteroatoms. The monoisotopic (exact) mass is 376 g/mol. The molecule has 1 aliphatic heterocycles. The molecule has 1 aliphatic rings. The Morgan fingerprint density at radius 2 is 1.96 bits per heavy atom. The summed E-state index contributed by atoms with van der Waals surface area (Å²) in [7, 11) is 0. The molecule has 1 amide bonds. The van der Waals surface area contributed by atoms with E-state index in [2.05, 4.69) is 48.3 Å². The van der Waals surface area contributed by atoms with Crippen molar-refractivity contribution in [3.63, 3.8) is 0 Å². The molecule has 3 rings (SSSR count). The van der Waals surface area contributed by atoms with E-state index in [1.165, 1.54) is 17.7 Å². The Kier molecular flexibility index (Phi) is 4.96. The summed E-state index contributed by atoms with van der Waals surface area (Å²) in [4.78, 5) is 23.0. The lowest BCUT2D eigenvalue weighted by Crippen LogP contribution is -2.62. The molecule has 0 unspecified atom stereocenters. The molecule has 2 aromatic rings. The molecule has 3 heterocycles. The molecule has 142 valence electrons. The summed E-state index contributed by atoms with van der Waals surface area (Å²) in [5.41, 5.74) is 0.865. The van der Waals surface area contributed by atoms with Crippen LogP contribution in [0.15, 0.2) is 6.33 Å². The van der Waals surface area contributed by atoms with Gasteiger partial charge in [-0.25, -0.2) is 9.97 Å². The van der Waals surface area contributed by atoms with Crippen LogP contribution in [0, 0.1) is 6.92 Å². The van der Waals surface area contributed by atoms with Gasteiger partial charge in [0, 0.05) is 17.1 Å². The van der Waals surface area contributed by atoms with Crippen LogP contribution in [0.2, 0.25) is 0 Å². The number of carbonyl (C=O) groups excluding carboxylic acids is 1. The standard InChI is InChI=1S/C19H28N4O2S/c1-7-25-16-13-11(2)14(26-17(13)21-10-20-16)15(24)22-12-8-18(3,4)23-19(5,6)9-12/h10,12,23H,7-9H2,1-6H3,(H,22,24). The van der Waals surface area contributed by atoms with Gasteiger partial charge in [-0.1, -0.05) is 0 Å². The van der Waals surface area contributed by atoms with E-state index in [1.807, 2.05) is 13.8 Å². The van der Waals surface area contributed by atoms with Crippen LogP contribution in [-0.4, -0.2) is 39.6 Å². The van der Waals surface area contributed by atoms with Gasteiger partial charge < -0.3 is 15.4 Å². The van der Waals surface area contributed by atoms with Crippen molar-refractivity contribution in [2.24, 2.45) is 0 Å². The molecule has 0 atom stereocenters. The Morgan fingerprint density at radius 3 is 2.58 bits per heavy atom. The topological polar surface area (TPSA) is 76.1 Å². The van der Waals surface area contributed by atoms with E-state index in [1.54, 1.807) is 0 Å². The molecule has 0 aliphatic carbocycles. The lowest BCUT2D eigenvalue weighted by Gasteiger charge is -2.46. The third kappa shape index (κ3) is 3.83. The number of piperidine rings is 1. The lowest BCUT2D eigenvalue weighted by atomic mass is 9.79. The second-order valence-electron chi connectivity index (χ2n) is 8.32. The normalized spacial score (nSPS) is 19.5. The predicted molar refractivity (Wildman–Crippen MR) is 105 cm³/mol. The Bertz CT molecular complexity index is 812. The summed E-state index contributed by atoms with van der Waals surface area (Å²) in [5, 5.41) is 7.73. The maximum absolute atomic E-state index is 13.0. The maximum atomic E-state index is 13.0. The summed E-state index contributed by atoms with van der Waals surface area (Å²) in [5.74, 6) is 0.515. The maximum Gasteiger partial charge on any atom is 0.261 e. The van der Waals surface area contributed by atoms with Gasteiger partial charge in [0.1, 0.15) is 11.2 Å². The van der Waals surface area contributed by atoms with E-state index in [4.69, 9.17) is 4.74 Å². The van der Waals surface area contributed by atoms with Crippen LogP contribution in [0.3, 0.4) is 0 Å². The van der Waals surface area contributed by atoms with Crippen LogP contribution in [0.4, 0.5) is 0 Å². The molecule has 1 fully saturated rings. The summed E-state index contributed by atoms with van der Waals surface area (Å²) in [6.45, 7) is 13.1. The van der Waals surface area contributed by atoms with Crippen LogP contribution < -0.4 is 15.4 Å². The van der Waals surface area contributed by atoms with Gasteiger partial charge in [-0.3, -0.25) is 4.79 Å². The van der Waals surface area contributed by atoms with Crippen LogP contribution in [-0.2, 0) is 0 Å². The number of nitrogens with zero attached hydrogens (tertiary/aromatic N) is 2. The first-order valence-electron chi connectivity index (χ1n) is 9.09. The quantitative estimate of drug-likeness (QED) is 0.855. The van der Waals surface area contributed by atoms with Crippen molar-refractivity contribution in [2.75, 3.05) is 6.61 Å². The minimum Gasteiger partial charge on any atom is -0.477 e. The van der Waals surface area contributed by atoms with Gasteiger partial charge >= 0.3 is 0 Å². The first-order chi connectivity index (χ1) is 12.1. The van der Waals surface area contributed by atoms with E-state index < -0.39 is 0 Å². The molecule has 26 heavy (non-hydrogen) atoms. The fourth-order valence-corrected chi connectivity index (χ4v) is 5.22. The van der Waals surface area contributed by atoms with Gasteiger partial charge in [0.25, 0.3) is 5.91 Å². The van der Waals surface area contributed by atoms with Gasteiger partial charge in [-0.15, -0.1) is 11.3 Å². The average Bonchev–Trinajstić information content (AvgIpc) is 2.82. The molecule has 6 nitrogen and oxygen atoms in total. The second-order valence-corrected chi connectivity index (χ2v) is 9.32. The van der Waals surface area contributed by atoms with E-state index in [0.717, 1.165) is 28.6 Å². The number of nitrogens with one attached hydrogen (secondary N) is 2. The average molecular weight is 377 g/mol. The summed E-state index contributed by atoms with van der Waals surface area (Å²) < 4.78 is 5.61. The van der Waals surface area contributed by atoms with E-state index >= 15 is 0 Å². The zero-order valence-electron chi connectivity index (χ0n) is 16.4. The van der Waals surface area contributed by atoms with Crippen LogP contribution in [0.1, 0.15) is 62.7 Å². The predicted octanol–water partition coefficient (Wildman–Crippen LogP) is 3.44. The minimum absolute atomic E-state index is 0.0114. The lowest BCUT2D eigenvalue weighted by molar-refractivity contribution is 0.0877. The van der Waals surface area contributed by atoms with E-state index in [-0.39, 0.29) is 23.0 Å². The van der Waals surface area contributed by atoms with Crippen LogP contribution >= 0.6 is 11.3 Å². The number of ether oxygens (including phenoxy) is 1. The largest absolute Gasteiger partial charge is 0.477 e. The Morgan fingerprint density at radius 1 is 1.31 bits per heavy atom. The molecule has 0 saturated carbocycles. The summed E-state index contributed by atoms with van der Waals surface area (Å²) in [6, 6.07) is 0.135. The van der Waals surface area contributed by atoms with Crippen molar-refractivity contribution in [1.82, 2.24) is 20.6 Å². The van der Waals surface area contributed by atoms with Crippen molar-refractivity contribution in [2.45, 2.75) is 71.5 Å². The van der Waals surface area contributed by atoms with Gasteiger partial charge in [0.15, 0.2) is 0 Å². The number of hydrogen-bond donors (Lipinski definition) is 2. The Labute approximate surface area is 158 Å². The molecular formula is C19H28N4O2S. The Balaban J connectivity index is 1.86. The molecule has 0 spiro atoms. The van der Waals surface area contributed by atoms with Crippen molar-refractivity contribution < 1.29 is 9.53 Å². The number of aryl methyl sites for hydroxylation is 1. The van der Waals surface area contributed by atoms with Crippen molar-refractivity contribution in [3.8, 4) is 5.88 Å². The smallest absolute Gasteiger partial charge is 0.261 e. The third-order valence-electron chi connectivity index (χ3n) is 4.70. The van der Waals surface area contributed by atoms with Gasteiger partial charge in [0.2, 0.25) is 5.88 Å². The number of carbonyl (C=O) groups is 1. The van der Waals surface area contributed by atoms with Gasteiger partial charge in [-0.2, -0.15) is 0 Å². The first-order valence-corrected chi connectivity index (χ1v) is 9.90. The highest BCUT2D eigenvalue weighted by Gasteiger charge is 2.38. The second kappa shape index (κ2) is 6.78. The molecule has 0 radical (unpaired) electrons. The fraction of sp³-hybridized carbons (Fsp3) is 0.632. The summed E-state index contributed by atoms with van der Waals surface area (Å²) >= 11 is 1.40. The number of hydrogen-bond acceptors (Lipinski definition) is 6.